The fourth-order valence-electron chi connectivity index (χ4n) is 2.15. The molecule has 3 rings (SSSR count). The van der Waals surface area contributed by atoms with E-state index in [1.807, 2.05) is 34.9 Å². The van der Waals surface area contributed by atoms with Crippen molar-refractivity contribution in [2.45, 2.75) is 6.42 Å². The second-order valence-corrected chi connectivity index (χ2v) is 5.58. The van der Waals surface area contributed by atoms with Gasteiger partial charge in [0.1, 0.15) is 0 Å². The van der Waals surface area contributed by atoms with Gasteiger partial charge in [0.05, 0.1) is 6.42 Å². The lowest BCUT2D eigenvalue weighted by atomic mass is 10.1. The Hall–Kier alpha value is -1.36. The predicted molar refractivity (Wildman–Crippen MR) is 70.2 cm³/mol. The number of thioether (sulfide) groups is 1. The molecule has 5 heteroatoms. The summed E-state index contributed by atoms with van der Waals surface area (Å²) < 4.78 is 10.6. The number of carbonyl (C=O) groups excluding carboxylic acids is 1. The maximum Gasteiger partial charge on any atom is 0.231 e. The van der Waals surface area contributed by atoms with Gasteiger partial charge in [0.15, 0.2) is 11.5 Å². The van der Waals surface area contributed by atoms with Crippen LogP contribution in [0.5, 0.6) is 11.5 Å². The van der Waals surface area contributed by atoms with Crippen molar-refractivity contribution in [2.24, 2.45) is 0 Å². The van der Waals surface area contributed by atoms with E-state index >= 15 is 0 Å². The quantitative estimate of drug-likeness (QED) is 0.813. The first-order valence-corrected chi connectivity index (χ1v) is 7.22. The molecule has 0 aromatic heterocycles. The van der Waals surface area contributed by atoms with Crippen LogP contribution in [-0.4, -0.2) is 42.2 Å². The molecule has 1 aromatic carbocycles. The standard InChI is InChI=1S/C13H15NO3S/c15-13(14-3-5-18-6-4-14)8-10-1-2-11-12(7-10)17-9-16-11/h1-2,7H,3-6,8-9H2. The minimum atomic E-state index is 0.203. The topological polar surface area (TPSA) is 38.8 Å². The van der Waals surface area contributed by atoms with E-state index in [-0.39, 0.29) is 12.7 Å². The van der Waals surface area contributed by atoms with Gasteiger partial charge in [-0.1, -0.05) is 6.07 Å². The lowest BCUT2D eigenvalue weighted by Crippen LogP contribution is -2.38. The van der Waals surface area contributed by atoms with Crippen molar-refractivity contribution in [1.29, 1.82) is 0 Å². The number of hydrogen-bond donors (Lipinski definition) is 0. The predicted octanol–water partition coefficient (Wildman–Crippen LogP) is 1.53. The van der Waals surface area contributed by atoms with Gasteiger partial charge in [-0.2, -0.15) is 11.8 Å². The van der Waals surface area contributed by atoms with E-state index in [1.165, 1.54) is 0 Å². The molecule has 1 saturated heterocycles. The molecule has 2 aliphatic rings. The molecule has 0 aliphatic carbocycles. The average Bonchev–Trinajstić information content (AvgIpc) is 2.87. The molecule has 0 radical (unpaired) electrons. The van der Waals surface area contributed by atoms with Crippen LogP contribution in [0, 0.1) is 0 Å². The molecule has 0 N–H and O–H groups in total. The summed E-state index contributed by atoms with van der Waals surface area (Å²) in [6.45, 7) is 2.01. The third-order valence-corrected chi connectivity index (χ3v) is 4.10. The molecule has 1 amide bonds. The summed E-state index contributed by atoms with van der Waals surface area (Å²) in [6, 6.07) is 5.71. The molecule has 96 valence electrons. The molecular weight excluding hydrogens is 250 g/mol. The van der Waals surface area contributed by atoms with Crippen LogP contribution < -0.4 is 9.47 Å². The zero-order valence-electron chi connectivity index (χ0n) is 10.1. The second-order valence-electron chi connectivity index (χ2n) is 4.36. The van der Waals surface area contributed by atoms with Crippen molar-refractivity contribution in [3.05, 3.63) is 23.8 Å². The fraction of sp³-hybridized carbons (Fsp3) is 0.462. The van der Waals surface area contributed by atoms with E-state index in [0.717, 1.165) is 41.7 Å². The van der Waals surface area contributed by atoms with Gasteiger partial charge >= 0.3 is 0 Å². The summed E-state index contributed by atoms with van der Waals surface area (Å²) in [6.07, 6.45) is 0.446. The van der Waals surface area contributed by atoms with Crippen LogP contribution in [0.15, 0.2) is 18.2 Å². The van der Waals surface area contributed by atoms with Gasteiger partial charge in [0.2, 0.25) is 12.7 Å². The maximum absolute atomic E-state index is 12.1. The monoisotopic (exact) mass is 265 g/mol. The summed E-state index contributed by atoms with van der Waals surface area (Å²) in [5.41, 5.74) is 0.988. The van der Waals surface area contributed by atoms with E-state index in [9.17, 15) is 4.79 Å². The first kappa shape index (κ1) is 11.7. The molecule has 18 heavy (non-hydrogen) atoms. The van der Waals surface area contributed by atoms with Crippen LogP contribution >= 0.6 is 11.8 Å². The highest BCUT2D eigenvalue weighted by atomic mass is 32.2. The molecule has 0 atom stereocenters. The average molecular weight is 265 g/mol. The molecule has 4 nitrogen and oxygen atoms in total. The summed E-state index contributed by atoms with van der Waals surface area (Å²) in [5, 5.41) is 0. The maximum atomic E-state index is 12.1. The Kier molecular flexibility index (Phi) is 3.32. The minimum absolute atomic E-state index is 0.203. The lowest BCUT2D eigenvalue weighted by Gasteiger charge is -2.26. The third-order valence-electron chi connectivity index (χ3n) is 3.16. The van der Waals surface area contributed by atoms with E-state index in [4.69, 9.17) is 9.47 Å². The van der Waals surface area contributed by atoms with Gasteiger partial charge in [-0.25, -0.2) is 0 Å². The molecule has 2 aliphatic heterocycles. The number of fused-ring (bicyclic) bond motifs is 1. The number of amides is 1. The number of ether oxygens (including phenoxy) is 2. The molecule has 1 fully saturated rings. The number of hydrogen-bond acceptors (Lipinski definition) is 4. The van der Waals surface area contributed by atoms with E-state index in [1.54, 1.807) is 0 Å². The van der Waals surface area contributed by atoms with Crippen molar-refractivity contribution < 1.29 is 14.3 Å². The van der Waals surface area contributed by atoms with Gasteiger partial charge in [-0.3, -0.25) is 4.79 Å². The van der Waals surface area contributed by atoms with E-state index < -0.39 is 0 Å². The molecular formula is C13H15NO3S. The Bertz CT molecular complexity index is 458. The van der Waals surface area contributed by atoms with Crippen molar-refractivity contribution in [3.63, 3.8) is 0 Å². The Morgan fingerprint density at radius 1 is 1.22 bits per heavy atom. The Labute approximate surface area is 110 Å². The van der Waals surface area contributed by atoms with E-state index in [0.29, 0.717) is 6.42 Å². The van der Waals surface area contributed by atoms with Crippen molar-refractivity contribution in [3.8, 4) is 11.5 Å². The van der Waals surface area contributed by atoms with Crippen LogP contribution in [0.1, 0.15) is 5.56 Å². The zero-order valence-corrected chi connectivity index (χ0v) is 10.9. The fourth-order valence-corrected chi connectivity index (χ4v) is 3.05. The number of carbonyl (C=O) groups is 1. The van der Waals surface area contributed by atoms with Gasteiger partial charge in [0, 0.05) is 24.6 Å². The highest BCUT2D eigenvalue weighted by Gasteiger charge is 2.19. The summed E-state index contributed by atoms with van der Waals surface area (Å²) in [5.74, 6) is 3.81. The van der Waals surface area contributed by atoms with Crippen LogP contribution in [0.2, 0.25) is 0 Å². The SMILES string of the molecule is O=C(Cc1ccc2c(c1)OCO2)N1CCSCC1. The molecule has 0 saturated carbocycles. The van der Waals surface area contributed by atoms with Gasteiger partial charge < -0.3 is 14.4 Å². The second kappa shape index (κ2) is 5.10. The highest BCUT2D eigenvalue weighted by molar-refractivity contribution is 7.99. The largest absolute Gasteiger partial charge is 0.454 e. The smallest absolute Gasteiger partial charge is 0.231 e. The third kappa shape index (κ3) is 2.41. The highest BCUT2D eigenvalue weighted by Crippen LogP contribution is 2.32. The van der Waals surface area contributed by atoms with Crippen LogP contribution in [-0.2, 0) is 11.2 Å². The summed E-state index contributed by atoms with van der Waals surface area (Å²) in [7, 11) is 0. The number of nitrogens with zero attached hydrogens (tertiary/aromatic N) is 1. The molecule has 0 spiro atoms. The van der Waals surface area contributed by atoms with Crippen LogP contribution in [0.4, 0.5) is 0 Å². The van der Waals surface area contributed by atoms with Gasteiger partial charge in [-0.05, 0) is 17.7 Å². The first-order chi connectivity index (χ1) is 8.83. The lowest BCUT2D eigenvalue weighted by molar-refractivity contribution is -0.130. The minimum Gasteiger partial charge on any atom is -0.454 e. The Morgan fingerprint density at radius 3 is 2.83 bits per heavy atom. The van der Waals surface area contributed by atoms with Crippen molar-refractivity contribution in [1.82, 2.24) is 4.90 Å². The van der Waals surface area contributed by atoms with Gasteiger partial charge in [0.25, 0.3) is 0 Å². The Balaban J connectivity index is 1.66. The molecule has 1 aromatic rings. The number of benzene rings is 1. The normalized spacial score (nSPS) is 17.9. The molecule has 0 unspecified atom stereocenters. The zero-order chi connectivity index (χ0) is 12.4. The van der Waals surface area contributed by atoms with Crippen LogP contribution in [0.3, 0.4) is 0 Å². The van der Waals surface area contributed by atoms with Crippen molar-refractivity contribution >= 4 is 17.7 Å². The van der Waals surface area contributed by atoms with Crippen LogP contribution in [0.25, 0.3) is 0 Å². The van der Waals surface area contributed by atoms with Gasteiger partial charge in [-0.15, -0.1) is 0 Å². The summed E-state index contributed by atoms with van der Waals surface area (Å²) >= 11 is 1.91. The van der Waals surface area contributed by atoms with E-state index in [2.05, 4.69) is 0 Å². The molecule has 2 heterocycles. The van der Waals surface area contributed by atoms with Crippen molar-refractivity contribution in [2.75, 3.05) is 31.4 Å². The summed E-state index contributed by atoms with van der Waals surface area (Å²) in [4.78, 5) is 14.1. The first-order valence-electron chi connectivity index (χ1n) is 6.07. The Morgan fingerprint density at radius 2 is 2.00 bits per heavy atom. The number of rotatable bonds is 2. The molecule has 0 bridgehead atoms.